The van der Waals surface area contributed by atoms with Crippen molar-refractivity contribution >= 4 is 49.4 Å². The van der Waals surface area contributed by atoms with Gasteiger partial charge in [-0.15, -0.1) is 0 Å². The van der Waals surface area contributed by atoms with Crippen LogP contribution in [-0.2, 0) is 0 Å². The van der Waals surface area contributed by atoms with Gasteiger partial charge in [-0.3, -0.25) is 4.98 Å². The summed E-state index contributed by atoms with van der Waals surface area (Å²) in [6.07, 6.45) is 0. The summed E-state index contributed by atoms with van der Waals surface area (Å²) >= 11 is 4.88. The molecule has 4 nitrogen and oxygen atoms in total. The number of fused-ring (bicyclic) bond motifs is 1. The molecule has 1 aromatic heterocycles. The van der Waals surface area contributed by atoms with E-state index in [4.69, 9.17) is 0 Å². The van der Waals surface area contributed by atoms with Gasteiger partial charge in [0.25, 0.3) is 0 Å². The fraction of sp³-hybridized carbons (Fsp3) is 0. The van der Waals surface area contributed by atoms with Crippen molar-refractivity contribution in [2.45, 2.75) is 0 Å². The van der Waals surface area contributed by atoms with E-state index >= 15 is 0 Å². The number of benzene rings is 1. The molecule has 0 aliphatic carbocycles. The molecule has 7 heteroatoms. The van der Waals surface area contributed by atoms with Crippen LogP contribution in [0.5, 0.6) is 0 Å². The number of halogens is 3. The van der Waals surface area contributed by atoms with E-state index in [9.17, 15) is 14.0 Å². The summed E-state index contributed by atoms with van der Waals surface area (Å²) in [6, 6.07) is 1.44. The van der Waals surface area contributed by atoms with Crippen LogP contribution in [0.4, 0.5) is 4.39 Å². The van der Waals surface area contributed by atoms with E-state index < -0.39 is 17.2 Å². The second-order valence-corrected chi connectivity index (χ2v) is 4.67. The van der Waals surface area contributed by atoms with Crippen molar-refractivity contribution in [2.24, 2.45) is 0 Å². The highest BCUT2D eigenvalue weighted by atomic mass is 127. The van der Waals surface area contributed by atoms with Gasteiger partial charge in [0.2, 0.25) is 0 Å². The zero-order chi connectivity index (χ0) is 11.2. The molecule has 1 aromatic carbocycles. The molecule has 0 unspecified atom stereocenters. The minimum atomic E-state index is -0.973. The Morgan fingerprint density at radius 1 is 1.47 bits per heavy atom. The van der Waals surface area contributed by atoms with Gasteiger partial charge >= 0.3 is 11.4 Å². The number of rotatable bonds is 0. The van der Waals surface area contributed by atoms with Crippen LogP contribution in [-0.4, -0.2) is 4.98 Å². The lowest BCUT2D eigenvalue weighted by Gasteiger charge is -2.01. The molecule has 1 heterocycles. The van der Waals surface area contributed by atoms with Crippen LogP contribution in [0.3, 0.4) is 0 Å². The van der Waals surface area contributed by atoms with E-state index in [-0.39, 0.29) is 15.4 Å². The molecule has 0 spiro atoms. The fourth-order valence-electron chi connectivity index (χ4n) is 1.15. The maximum Gasteiger partial charge on any atom is 0.419 e. The van der Waals surface area contributed by atoms with Crippen LogP contribution in [0.15, 0.2) is 24.5 Å². The molecular weight excluding hydrogens is 384 g/mol. The van der Waals surface area contributed by atoms with Crippen LogP contribution >= 0.6 is 38.5 Å². The number of nitrogens with one attached hydrogen (secondary N) is 1. The summed E-state index contributed by atoms with van der Waals surface area (Å²) in [5, 5.41) is 0.0136. The molecule has 15 heavy (non-hydrogen) atoms. The van der Waals surface area contributed by atoms with Crippen molar-refractivity contribution in [3.05, 3.63) is 40.9 Å². The Balaban J connectivity index is 3.12. The largest absolute Gasteiger partial charge is 0.419 e. The predicted molar refractivity (Wildman–Crippen MR) is 63.5 cm³/mol. The zero-order valence-corrected chi connectivity index (χ0v) is 10.7. The quantitative estimate of drug-likeness (QED) is 0.557. The third kappa shape index (κ3) is 1.73. The van der Waals surface area contributed by atoms with Gasteiger partial charge in [0, 0.05) is 3.57 Å². The first-order chi connectivity index (χ1) is 7.00. The lowest BCUT2D eigenvalue weighted by atomic mass is 10.2. The molecule has 0 saturated heterocycles. The van der Waals surface area contributed by atoms with Crippen molar-refractivity contribution in [1.29, 1.82) is 0 Å². The normalized spacial score (nSPS) is 10.9. The molecule has 0 fully saturated rings. The Morgan fingerprint density at radius 3 is 2.80 bits per heavy atom. The number of aromatic amines is 1. The van der Waals surface area contributed by atoms with Crippen LogP contribution in [0.2, 0.25) is 0 Å². The summed E-state index contributed by atoms with van der Waals surface area (Å²) in [5.41, 5.74) is -0.999. The van der Waals surface area contributed by atoms with Crippen molar-refractivity contribution < 1.29 is 8.81 Å². The van der Waals surface area contributed by atoms with Crippen molar-refractivity contribution in [2.75, 3.05) is 0 Å². The van der Waals surface area contributed by atoms with Gasteiger partial charge in [-0.05, 0) is 44.6 Å². The third-order valence-corrected chi connectivity index (χ3v) is 4.16. The van der Waals surface area contributed by atoms with Gasteiger partial charge in [0.1, 0.15) is 0 Å². The average Bonchev–Trinajstić information content (AvgIpc) is 2.17. The summed E-state index contributed by atoms with van der Waals surface area (Å²) < 4.78 is 18.6. The van der Waals surface area contributed by atoms with Crippen molar-refractivity contribution in [3.63, 3.8) is 0 Å². The molecule has 0 bridgehead atoms. The lowest BCUT2D eigenvalue weighted by molar-refractivity contribution is 0.458. The molecule has 0 aliphatic rings. The highest BCUT2D eigenvalue weighted by molar-refractivity contribution is 14.1. The Kier molecular flexibility index (Phi) is 2.67. The smallest absolute Gasteiger partial charge is 0.372 e. The van der Waals surface area contributed by atoms with Crippen LogP contribution in [0, 0.1) is 9.39 Å². The van der Waals surface area contributed by atoms with E-state index in [0.717, 1.165) is 0 Å². The lowest BCUT2D eigenvalue weighted by Crippen LogP contribution is -2.15. The molecule has 2 rings (SSSR count). The number of hydrogen-bond donors (Lipinski definition) is 1. The average molecular weight is 386 g/mol. The highest BCUT2D eigenvalue weighted by Crippen LogP contribution is 2.26. The fourth-order valence-corrected chi connectivity index (χ4v) is 2.01. The molecule has 0 radical (unpaired) electrons. The second kappa shape index (κ2) is 3.71. The van der Waals surface area contributed by atoms with Crippen molar-refractivity contribution in [3.8, 4) is 0 Å². The van der Waals surface area contributed by atoms with Gasteiger partial charge < -0.3 is 4.42 Å². The van der Waals surface area contributed by atoms with Gasteiger partial charge in [-0.1, -0.05) is 0 Å². The molecule has 1 N–H and O–H groups in total. The molecule has 0 saturated carbocycles. The maximum atomic E-state index is 13.6. The number of H-pyrrole nitrogens is 1. The SMILES string of the molecule is O=c1[nH]c2c(F)c(Br)c(I)cc2c(=O)o1. The van der Waals surface area contributed by atoms with Gasteiger partial charge in [-0.25, -0.2) is 14.0 Å². The molecule has 0 amide bonds. The van der Waals surface area contributed by atoms with Crippen LogP contribution in [0.1, 0.15) is 0 Å². The molecule has 2 aromatic rings. The van der Waals surface area contributed by atoms with E-state index in [0.29, 0.717) is 3.57 Å². The summed E-state index contributed by atoms with van der Waals surface area (Å²) in [6.45, 7) is 0. The first-order valence-electron chi connectivity index (χ1n) is 3.71. The van der Waals surface area contributed by atoms with Gasteiger partial charge in [-0.2, -0.15) is 0 Å². The van der Waals surface area contributed by atoms with Gasteiger partial charge in [0.05, 0.1) is 15.4 Å². The van der Waals surface area contributed by atoms with E-state index in [1.807, 2.05) is 22.6 Å². The monoisotopic (exact) mass is 385 g/mol. The van der Waals surface area contributed by atoms with Crippen molar-refractivity contribution in [1.82, 2.24) is 4.98 Å². The van der Waals surface area contributed by atoms with E-state index in [1.54, 1.807) is 0 Å². The Morgan fingerprint density at radius 2 is 2.13 bits per heavy atom. The predicted octanol–water partition coefficient (Wildman–Crippen LogP) is 1.99. The standard InChI is InChI=1S/C8H2BrFINO3/c9-4-3(11)1-2-6(5(4)10)12-8(14)15-7(2)13/h1H,(H,12,14). The number of hydrogen-bond acceptors (Lipinski definition) is 3. The minimum Gasteiger partial charge on any atom is -0.372 e. The van der Waals surface area contributed by atoms with Crippen LogP contribution < -0.4 is 11.4 Å². The summed E-state index contributed by atoms with van der Waals surface area (Å²) in [5.74, 6) is -1.65. The molecular formula is C8H2BrFINO3. The maximum absolute atomic E-state index is 13.6. The summed E-state index contributed by atoms with van der Waals surface area (Å²) in [7, 11) is 0. The molecule has 78 valence electrons. The second-order valence-electron chi connectivity index (χ2n) is 2.71. The Bertz CT molecular complexity index is 663. The Hall–Kier alpha value is -0.700. The molecule has 0 atom stereocenters. The van der Waals surface area contributed by atoms with E-state index in [1.165, 1.54) is 6.07 Å². The minimum absolute atomic E-state index is 0.0136. The Labute approximate surface area is 104 Å². The topological polar surface area (TPSA) is 63.1 Å². The van der Waals surface area contributed by atoms with Crippen LogP contribution in [0.25, 0.3) is 10.9 Å². The highest BCUT2D eigenvalue weighted by Gasteiger charge is 2.13. The number of aromatic nitrogens is 1. The third-order valence-electron chi connectivity index (χ3n) is 1.79. The zero-order valence-electron chi connectivity index (χ0n) is 6.94. The molecule has 0 aliphatic heterocycles. The first-order valence-corrected chi connectivity index (χ1v) is 5.58. The van der Waals surface area contributed by atoms with Gasteiger partial charge in [0.15, 0.2) is 5.82 Å². The van der Waals surface area contributed by atoms with E-state index in [2.05, 4.69) is 25.3 Å². The first kappa shape index (κ1) is 10.8. The summed E-state index contributed by atoms with van der Waals surface area (Å²) in [4.78, 5) is 24.2.